The number of carbonyl (C=O) groups excluding carboxylic acids is 2. The highest BCUT2D eigenvalue weighted by Crippen LogP contribution is 2.10. The van der Waals surface area contributed by atoms with Gasteiger partial charge < -0.3 is 15.1 Å². The number of nitrogens with one attached hydrogen (secondary N) is 1. The van der Waals surface area contributed by atoms with Gasteiger partial charge in [-0.25, -0.2) is 9.97 Å². The number of hydrogen-bond acceptors (Lipinski definition) is 6. The Labute approximate surface area is 149 Å². The number of rotatable bonds is 8. The lowest BCUT2D eigenvalue weighted by molar-refractivity contribution is -0.132. The van der Waals surface area contributed by atoms with Gasteiger partial charge in [-0.05, 0) is 19.5 Å². The summed E-state index contributed by atoms with van der Waals surface area (Å²) in [5.41, 5.74) is 0. The third kappa shape index (κ3) is 5.97. The second-order valence-electron chi connectivity index (χ2n) is 5.99. The van der Waals surface area contributed by atoms with Crippen LogP contribution in [0.15, 0.2) is 18.5 Å². The summed E-state index contributed by atoms with van der Waals surface area (Å²) < 4.78 is 0. The summed E-state index contributed by atoms with van der Waals surface area (Å²) >= 11 is 0. The van der Waals surface area contributed by atoms with Crippen LogP contribution in [-0.4, -0.2) is 83.9 Å². The largest absolute Gasteiger partial charge is 0.355 e. The minimum Gasteiger partial charge on any atom is -0.355 e. The van der Waals surface area contributed by atoms with Crippen LogP contribution in [0.4, 0.5) is 5.95 Å². The number of carbonyl (C=O) groups is 2. The lowest BCUT2D eigenvalue weighted by Gasteiger charge is -2.35. The molecular formula is C17H28N6O2. The van der Waals surface area contributed by atoms with Gasteiger partial charge in [0, 0.05) is 58.1 Å². The first-order valence-electron chi connectivity index (χ1n) is 8.92. The van der Waals surface area contributed by atoms with E-state index in [-0.39, 0.29) is 11.8 Å². The first kappa shape index (κ1) is 19.1. The fraction of sp³-hybridized carbons (Fsp3) is 0.647. The van der Waals surface area contributed by atoms with Crippen molar-refractivity contribution in [3.05, 3.63) is 18.5 Å². The molecule has 0 unspecified atom stereocenters. The Hall–Kier alpha value is -2.22. The Kier molecular flexibility index (Phi) is 7.59. The van der Waals surface area contributed by atoms with Crippen LogP contribution < -0.4 is 10.2 Å². The van der Waals surface area contributed by atoms with Gasteiger partial charge >= 0.3 is 0 Å². The molecule has 2 heterocycles. The van der Waals surface area contributed by atoms with E-state index < -0.39 is 0 Å². The highest BCUT2D eigenvalue weighted by atomic mass is 16.2. The Morgan fingerprint density at radius 1 is 1.16 bits per heavy atom. The Balaban J connectivity index is 1.73. The van der Waals surface area contributed by atoms with Crippen molar-refractivity contribution in [1.29, 1.82) is 0 Å². The summed E-state index contributed by atoms with van der Waals surface area (Å²) in [6.07, 6.45) is 3.90. The second-order valence-corrected chi connectivity index (χ2v) is 5.99. The normalized spacial score (nSPS) is 14.7. The molecule has 1 fully saturated rings. The second kappa shape index (κ2) is 9.93. The van der Waals surface area contributed by atoms with Crippen LogP contribution in [-0.2, 0) is 9.59 Å². The summed E-state index contributed by atoms with van der Waals surface area (Å²) in [5, 5.41) is 2.79. The summed E-state index contributed by atoms with van der Waals surface area (Å²) in [6, 6.07) is 1.80. The molecule has 0 aromatic carbocycles. The van der Waals surface area contributed by atoms with Crippen LogP contribution in [0.2, 0.25) is 0 Å². The zero-order chi connectivity index (χ0) is 18.1. The fourth-order valence-electron chi connectivity index (χ4n) is 2.83. The van der Waals surface area contributed by atoms with Crippen LogP contribution in [0.25, 0.3) is 0 Å². The molecule has 0 atom stereocenters. The van der Waals surface area contributed by atoms with E-state index in [1.807, 2.05) is 23.6 Å². The van der Waals surface area contributed by atoms with Gasteiger partial charge in [0.2, 0.25) is 17.8 Å². The van der Waals surface area contributed by atoms with E-state index in [4.69, 9.17) is 0 Å². The average molecular weight is 348 g/mol. The van der Waals surface area contributed by atoms with Crippen molar-refractivity contribution in [2.75, 3.05) is 57.3 Å². The van der Waals surface area contributed by atoms with Gasteiger partial charge in [-0.2, -0.15) is 0 Å². The third-order valence-electron chi connectivity index (χ3n) is 4.30. The van der Waals surface area contributed by atoms with E-state index in [2.05, 4.69) is 20.2 Å². The van der Waals surface area contributed by atoms with Crippen molar-refractivity contribution >= 4 is 17.8 Å². The van der Waals surface area contributed by atoms with Crippen molar-refractivity contribution in [3.8, 4) is 0 Å². The number of hydrogen-bond donors (Lipinski definition) is 1. The first-order valence-corrected chi connectivity index (χ1v) is 8.92. The van der Waals surface area contributed by atoms with Crippen molar-refractivity contribution in [2.24, 2.45) is 0 Å². The van der Waals surface area contributed by atoms with Crippen molar-refractivity contribution < 1.29 is 9.59 Å². The molecule has 1 aromatic heterocycles. The van der Waals surface area contributed by atoms with E-state index in [1.54, 1.807) is 18.5 Å². The monoisotopic (exact) mass is 348 g/mol. The van der Waals surface area contributed by atoms with Crippen LogP contribution in [0.3, 0.4) is 0 Å². The Morgan fingerprint density at radius 2 is 1.84 bits per heavy atom. The highest BCUT2D eigenvalue weighted by molar-refractivity contribution is 5.78. The minimum atomic E-state index is 0.00766. The molecule has 0 bridgehead atoms. The molecule has 138 valence electrons. The molecule has 1 aliphatic rings. The van der Waals surface area contributed by atoms with Crippen molar-refractivity contribution in [3.63, 3.8) is 0 Å². The molecule has 0 radical (unpaired) electrons. The quantitative estimate of drug-likeness (QED) is 0.711. The van der Waals surface area contributed by atoms with Crippen molar-refractivity contribution in [2.45, 2.75) is 20.3 Å². The number of amides is 2. The van der Waals surface area contributed by atoms with E-state index in [0.717, 1.165) is 19.6 Å². The molecule has 0 spiro atoms. The lowest BCUT2D eigenvalue weighted by atomic mass is 10.2. The summed E-state index contributed by atoms with van der Waals surface area (Å²) in [5.74, 6) is 0.866. The Bertz CT molecular complexity index is 545. The van der Waals surface area contributed by atoms with Crippen LogP contribution in [0.5, 0.6) is 0 Å². The van der Waals surface area contributed by atoms with E-state index in [0.29, 0.717) is 45.1 Å². The molecule has 0 saturated carbocycles. The predicted molar refractivity (Wildman–Crippen MR) is 96.2 cm³/mol. The van der Waals surface area contributed by atoms with Gasteiger partial charge in [-0.3, -0.25) is 14.5 Å². The summed E-state index contributed by atoms with van der Waals surface area (Å²) in [6.45, 7) is 9.08. The van der Waals surface area contributed by atoms with Crippen LogP contribution in [0.1, 0.15) is 20.3 Å². The number of aromatic nitrogens is 2. The maximum absolute atomic E-state index is 12.4. The lowest BCUT2D eigenvalue weighted by Crippen LogP contribution is -2.50. The van der Waals surface area contributed by atoms with Gasteiger partial charge in [-0.1, -0.05) is 6.92 Å². The first-order chi connectivity index (χ1) is 12.1. The number of anilines is 1. The highest BCUT2D eigenvalue weighted by Gasteiger charge is 2.22. The van der Waals surface area contributed by atoms with E-state index in [1.165, 1.54) is 0 Å². The summed E-state index contributed by atoms with van der Waals surface area (Å²) in [7, 11) is 0. The SMILES string of the molecule is CCNC(=O)CN(CC)CCC(=O)N1CCN(c2ncccn2)CC1. The van der Waals surface area contributed by atoms with Gasteiger partial charge in [0.25, 0.3) is 0 Å². The van der Waals surface area contributed by atoms with Gasteiger partial charge in [-0.15, -0.1) is 0 Å². The van der Waals surface area contributed by atoms with E-state index >= 15 is 0 Å². The van der Waals surface area contributed by atoms with Gasteiger partial charge in [0.15, 0.2) is 0 Å². The van der Waals surface area contributed by atoms with Crippen LogP contribution in [0, 0.1) is 0 Å². The number of likely N-dealkylation sites (N-methyl/N-ethyl adjacent to an activating group) is 2. The molecule has 2 rings (SSSR count). The molecular weight excluding hydrogens is 320 g/mol. The third-order valence-corrected chi connectivity index (χ3v) is 4.30. The topological polar surface area (TPSA) is 81.7 Å². The summed E-state index contributed by atoms with van der Waals surface area (Å²) in [4.78, 5) is 38.6. The average Bonchev–Trinajstić information content (AvgIpc) is 2.66. The minimum absolute atomic E-state index is 0.00766. The van der Waals surface area contributed by atoms with E-state index in [9.17, 15) is 9.59 Å². The molecule has 1 aliphatic heterocycles. The number of piperazine rings is 1. The maximum atomic E-state index is 12.4. The van der Waals surface area contributed by atoms with Crippen LogP contribution >= 0.6 is 0 Å². The standard InChI is InChI=1S/C17H28N6O2/c1-3-18-15(24)14-21(4-2)9-6-16(25)22-10-12-23(13-11-22)17-19-7-5-8-20-17/h5,7-8H,3-4,6,9-14H2,1-2H3,(H,18,24). The molecule has 8 nitrogen and oxygen atoms in total. The van der Waals surface area contributed by atoms with Crippen molar-refractivity contribution in [1.82, 2.24) is 25.1 Å². The molecule has 8 heteroatoms. The van der Waals surface area contributed by atoms with Gasteiger partial charge in [0.05, 0.1) is 6.54 Å². The smallest absolute Gasteiger partial charge is 0.234 e. The Morgan fingerprint density at radius 3 is 2.44 bits per heavy atom. The zero-order valence-corrected chi connectivity index (χ0v) is 15.1. The maximum Gasteiger partial charge on any atom is 0.234 e. The molecule has 1 N–H and O–H groups in total. The molecule has 25 heavy (non-hydrogen) atoms. The van der Waals surface area contributed by atoms with Gasteiger partial charge in [0.1, 0.15) is 0 Å². The zero-order valence-electron chi connectivity index (χ0n) is 15.1. The fourth-order valence-corrected chi connectivity index (χ4v) is 2.83. The predicted octanol–water partition coefficient (Wildman–Crippen LogP) is -0.0267. The number of nitrogens with zero attached hydrogens (tertiary/aromatic N) is 5. The molecule has 1 aromatic rings. The molecule has 1 saturated heterocycles. The molecule has 2 amide bonds. The molecule has 0 aliphatic carbocycles.